The van der Waals surface area contributed by atoms with Gasteiger partial charge in [-0.3, -0.25) is 4.79 Å². The van der Waals surface area contributed by atoms with Gasteiger partial charge >= 0.3 is 0 Å². The molecule has 15 heavy (non-hydrogen) atoms. The van der Waals surface area contributed by atoms with Crippen LogP contribution in [0.1, 0.15) is 41.9 Å². The van der Waals surface area contributed by atoms with E-state index in [2.05, 4.69) is 0 Å². The Kier molecular flexibility index (Phi) is 4.05. The summed E-state index contributed by atoms with van der Waals surface area (Å²) in [6.07, 6.45) is 1.44. The molecule has 0 aliphatic carbocycles. The Bertz CT molecular complexity index is 329. The van der Waals surface area contributed by atoms with Gasteiger partial charge in [-0.05, 0) is 36.8 Å². The maximum absolute atomic E-state index is 12.3. The molecule has 1 aromatic rings. The van der Waals surface area contributed by atoms with Crippen molar-refractivity contribution in [1.82, 2.24) is 0 Å². The summed E-state index contributed by atoms with van der Waals surface area (Å²) in [6, 6.07) is 1.98. The van der Waals surface area contributed by atoms with Gasteiger partial charge in [0.1, 0.15) is 5.60 Å². The first-order chi connectivity index (χ1) is 7.11. The number of carbonyl (C=O) groups excluding carboxylic acids is 1. The van der Waals surface area contributed by atoms with E-state index in [0.29, 0.717) is 0 Å². The van der Waals surface area contributed by atoms with E-state index in [0.717, 1.165) is 23.3 Å². The number of hydrogen-bond acceptors (Lipinski definition) is 3. The lowest BCUT2D eigenvalue weighted by Gasteiger charge is -2.28. The van der Waals surface area contributed by atoms with Crippen LogP contribution >= 0.6 is 11.3 Å². The molecule has 0 atom stereocenters. The average Bonchev–Trinajstić information content (AvgIpc) is 2.67. The van der Waals surface area contributed by atoms with Crippen molar-refractivity contribution >= 4 is 17.1 Å². The van der Waals surface area contributed by atoms with Crippen molar-refractivity contribution in [2.45, 2.75) is 39.2 Å². The van der Waals surface area contributed by atoms with E-state index in [4.69, 9.17) is 4.74 Å². The first kappa shape index (κ1) is 12.4. The summed E-state index contributed by atoms with van der Waals surface area (Å²) in [7, 11) is 1.62. The van der Waals surface area contributed by atoms with Crippen LogP contribution < -0.4 is 0 Å². The smallest absolute Gasteiger partial charge is 0.204 e. The lowest BCUT2D eigenvalue weighted by molar-refractivity contribution is -0.00231. The zero-order valence-corrected chi connectivity index (χ0v) is 10.6. The highest BCUT2D eigenvalue weighted by Crippen LogP contribution is 2.29. The zero-order chi connectivity index (χ0) is 11.5. The molecule has 3 heteroatoms. The Morgan fingerprint density at radius 3 is 2.40 bits per heavy atom. The summed E-state index contributed by atoms with van der Waals surface area (Å²) in [4.78, 5) is 13.2. The van der Waals surface area contributed by atoms with E-state index in [1.54, 1.807) is 7.11 Å². The molecule has 0 spiro atoms. The third kappa shape index (κ3) is 2.13. The number of methoxy groups -OCH3 is 1. The second kappa shape index (κ2) is 4.90. The zero-order valence-electron chi connectivity index (χ0n) is 9.79. The van der Waals surface area contributed by atoms with E-state index in [1.165, 1.54) is 11.3 Å². The summed E-state index contributed by atoms with van der Waals surface area (Å²) in [5.74, 6) is 0.127. The molecule has 2 nitrogen and oxygen atoms in total. The number of ketones is 1. The van der Waals surface area contributed by atoms with Crippen molar-refractivity contribution in [2.75, 3.05) is 7.11 Å². The van der Waals surface area contributed by atoms with E-state index >= 15 is 0 Å². The quantitative estimate of drug-likeness (QED) is 0.719. The Labute approximate surface area is 95.3 Å². The molecule has 1 aromatic heterocycles. The molecule has 0 N–H and O–H groups in total. The van der Waals surface area contributed by atoms with E-state index in [1.807, 2.05) is 32.2 Å². The molecule has 0 saturated heterocycles. The molecule has 0 aliphatic heterocycles. The summed E-state index contributed by atoms with van der Waals surface area (Å²) < 4.78 is 5.43. The topological polar surface area (TPSA) is 26.3 Å². The first-order valence-electron chi connectivity index (χ1n) is 5.25. The molecule has 0 fully saturated rings. The summed E-state index contributed by atoms with van der Waals surface area (Å²) in [5, 5.41) is 1.95. The van der Waals surface area contributed by atoms with Gasteiger partial charge in [-0.1, -0.05) is 13.8 Å². The third-order valence-corrected chi connectivity index (χ3v) is 4.03. The Hall–Kier alpha value is -0.670. The fourth-order valence-electron chi connectivity index (χ4n) is 1.76. The molecule has 0 aromatic carbocycles. The molecule has 0 radical (unpaired) electrons. The number of ether oxygens (including phenoxy) is 1. The fraction of sp³-hybridized carbons (Fsp3) is 0.583. The molecule has 0 amide bonds. The number of hydrogen-bond donors (Lipinski definition) is 0. The van der Waals surface area contributed by atoms with Crippen LogP contribution in [0.5, 0.6) is 0 Å². The molecular formula is C12H18O2S. The lowest BCUT2D eigenvalue weighted by atomic mass is 9.90. The molecule has 0 saturated carbocycles. The SMILES string of the molecule is CCC(CC)(OC)C(=O)c1sccc1C. The Morgan fingerprint density at radius 2 is 2.07 bits per heavy atom. The third-order valence-electron chi connectivity index (χ3n) is 3.02. The Balaban J connectivity index is 3.06. The number of Topliss-reactive ketones (excluding diaryl/α,β-unsaturated/α-hetero) is 1. The molecular weight excluding hydrogens is 208 g/mol. The summed E-state index contributed by atoms with van der Waals surface area (Å²) in [5.41, 5.74) is 0.420. The van der Waals surface area contributed by atoms with Gasteiger partial charge < -0.3 is 4.74 Å². The van der Waals surface area contributed by atoms with Crippen LogP contribution in [0.3, 0.4) is 0 Å². The fourth-order valence-corrected chi connectivity index (χ4v) is 2.72. The standard InChI is InChI=1S/C12H18O2S/c1-5-12(6-2,14-4)11(13)10-9(3)7-8-15-10/h7-8H,5-6H2,1-4H3. The summed E-state index contributed by atoms with van der Waals surface area (Å²) >= 11 is 1.50. The van der Waals surface area contributed by atoms with Crippen LogP contribution in [0, 0.1) is 6.92 Å². The van der Waals surface area contributed by atoms with Gasteiger partial charge in [0.25, 0.3) is 0 Å². The van der Waals surface area contributed by atoms with Crippen LogP contribution in [0.15, 0.2) is 11.4 Å². The van der Waals surface area contributed by atoms with E-state index < -0.39 is 5.60 Å². The largest absolute Gasteiger partial charge is 0.370 e. The minimum Gasteiger partial charge on any atom is -0.370 e. The van der Waals surface area contributed by atoms with Crippen LogP contribution in [0.25, 0.3) is 0 Å². The molecule has 1 rings (SSSR count). The monoisotopic (exact) mass is 226 g/mol. The van der Waals surface area contributed by atoms with Crippen molar-refractivity contribution in [2.24, 2.45) is 0 Å². The summed E-state index contributed by atoms with van der Waals surface area (Å²) in [6.45, 7) is 5.96. The highest BCUT2D eigenvalue weighted by molar-refractivity contribution is 7.12. The highest BCUT2D eigenvalue weighted by atomic mass is 32.1. The predicted molar refractivity (Wildman–Crippen MR) is 63.7 cm³/mol. The number of aryl methyl sites for hydroxylation is 1. The highest BCUT2D eigenvalue weighted by Gasteiger charge is 2.36. The van der Waals surface area contributed by atoms with Gasteiger partial charge in [-0.25, -0.2) is 0 Å². The second-order valence-electron chi connectivity index (χ2n) is 3.67. The van der Waals surface area contributed by atoms with Crippen LogP contribution in [-0.2, 0) is 4.74 Å². The minimum absolute atomic E-state index is 0.127. The van der Waals surface area contributed by atoms with Crippen molar-refractivity contribution in [1.29, 1.82) is 0 Å². The van der Waals surface area contributed by atoms with Gasteiger partial charge in [-0.15, -0.1) is 11.3 Å². The van der Waals surface area contributed by atoms with Gasteiger partial charge in [0, 0.05) is 7.11 Å². The van der Waals surface area contributed by atoms with Crippen molar-refractivity contribution in [3.63, 3.8) is 0 Å². The number of thiophene rings is 1. The van der Waals surface area contributed by atoms with Gasteiger partial charge in [0.15, 0.2) is 0 Å². The first-order valence-corrected chi connectivity index (χ1v) is 6.13. The molecule has 0 aliphatic rings. The number of carbonyl (C=O) groups is 1. The average molecular weight is 226 g/mol. The lowest BCUT2D eigenvalue weighted by Crippen LogP contribution is -2.39. The van der Waals surface area contributed by atoms with E-state index in [9.17, 15) is 4.79 Å². The predicted octanol–water partition coefficient (Wildman–Crippen LogP) is 3.44. The van der Waals surface area contributed by atoms with E-state index in [-0.39, 0.29) is 5.78 Å². The number of rotatable bonds is 5. The van der Waals surface area contributed by atoms with Crippen LogP contribution in [0.4, 0.5) is 0 Å². The second-order valence-corrected chi connectivity index (χ2v) is 4.58. The van der Waals surface area contributed by atoms with Crippen molar-refractivity contribution in [3.8, 4) is 0 Å². The molecule has 0 bridgehead atoms. The maximum atomic E-state index is 12.3. The molecule has 84 valence electrons. The molecule has 1 heterocycles. The van der Waals surface area contributed by atoms with Crippen LogP contribution in [-0.4, -0.2) is 18.5 Å². The molecule has 0 unspecified atom stereocenters. The van der Waals surface area contributed by atoms with Crippen molar-refractivity contribution in [3.05, 3.63) is 21.9 Å². The normalized spacial score (nSPS) is 11.7. The minimum atomic E-state index is -0.629. The van der Waals surface area contributed by atoms with Gasteiger partial charge in [0.2, 0.25) is 5.78 Å². The van der Waals surface area contributed by atoms with Gasteiger partial charge in [-0.2, -0.15) is 0 Å². The maximum Gasteiger partial charge on any atom is 0.204 e. The van der Waals surface area contributed by atoms with Crippen molar-refractivity contribution < 1.29 is 9.53 Å². The van der Waals surface area contributed by atoms with Crippen LogP contribution in [0.2, 0.25) is 0 Å². The Morgan fingerprint density at radius 1 is 1.47 bits per heavy atom. The van der Waals surface area contributed by atoms with Gasteiger partial charge in [0.05, 0.1) is 4.88 Å².